The van der Waals surface area contributed by atoms with Gasteiger partial charge in [0.25, 0.3) is 0 Å². The monoisotopic (exact) mass is 265 g/mol. The molecule has 0 spiro atoms. The van der Waals surface area contributed by atoms with Crippen LogP contribution in [0.15, 0.2) is 6.07 Å². The minimum Gasteiger partial charge on any atom is -0.496 e. The molecule has 4 heteroatoms. The van der Waals surface area contributed by atoms with Crippen molar-refractivity contribution in [1.82, 2.24) is 5.32 Å². The Balaban J connectivity index is 2.62. The highest BCUT2D eigenvalue weighted by Gasteiger charge is 2.10. The summed E-state index contributed by atoms with van der Waals surface area (Å²) >= 11 is 0. The van der Waals surface area contributed by atoms with E-state index in [2.05, 4.69) is 25.2 Å². The SMILES string of the molecule is COc1c(C)cc(CNCCCC(=O)O)c(C)c1C. The maximum atomic E-state index is 10.4. The topological polar surface area (TPSA) is 58.6 Å². The van der Waals surface area contributed by atoms with Gasteiger partial charge in [0.1, 0.15) is 5.75 Å². The number of aliphatic carboxylic acids is 1. The van der Waals surface area contributed by atoms with E-state index in [0.717, 1.165) is 24.4 Å². The summed E-state index contributed by atoms with van der Waals surface area (Å²) in [5.41, 5.74) is 4.78. The normalized spacial score (nSPS) is 10.5. The molecule has 2 N–H and O–H groups in total. The fourth-order valence-electron chi connectivity index (χ4n) is 2.23. The highest BCUT2D eigenvalue weighted by Crippen LogP contribution is 2.28. The third-order valence-corrected chi connectivity index (χ3v) is 3.40. The second-order valence-corrected chi connectivity index (χ2v) is 4.81. The van der Waals surface area contributed by atoms with E-state index in [1.54, 1.807) is 7.11 Å². The number of hydrogen-bond acceptors (Lipinski definition) is 3. The fourth-order valence-corrected chi connectivity index (χ4v) is 2.23. The number of aryl methyl sites for hydroxylation is 1. The van der Waals surface area contributed by atoms with Gasteiger partial charge in [-0.15, -0.1) is 0 Å². The van der Waals surface area contributed by atoms with E-state index in [0.29, 0.717) is 6.42 Å². The predicted molar refractivity (Wildman–Crippen MR) is 75.8 cm³/mol. The first-order valence-corrected chi connectivity index (χ1v) is 6.53. The third kappa shape index (κ3) is 4.24. The van der Waals surface area contributed by atoms with Gasteiger partial charge in [-0.3, -0.25) is 4.79 Å². The number of nitrogens with one attached hydrogen (secondary N) is 1. The molecule has 19 heavy (non-hydrogen) atoms. The molecule has 0 saturated carbocycles. The van der Waals surface area contributed by atoms with E-state index in [-0.39, 0.29) is 6.42 Å². The molecular formula is C15H23NO3. The van der Waals surface area contributed by atoms with Gasteiger partial charge in [0, 0.05) is 13.0 Å². The first kappa shape index (κ1) is 15.5. The standard InChI is InChI=1S/C15H23NO3/c1-10-8-13(9-16-7-5-6-14(17)18)11(2)12(3)15(10)19-4/h8,16H,5-7,9H2,1-4H3,(H,17,18). The summed E-state index contributed by atoms with van der Waals surface area (Å²) in [6.45, 7) is 7.67. The summed E-state index contributed by atoms with van der Waals surface area (Å²) in [7, 11) is 1.69. The van der Waals surface area contributed by atoms with Gasteiger partial charge in [-0.2, -0.15) is 0 Å². The number of methoxy groups -OCH3 is 1. The van der Waals surface area contributed by atoms with E-state index >= 15 is 0 Å². The molecule has 0 aromatic heterocycles. The zero-order valence-electron chi connectivity index (χ0n) is 12.2. The molecule has 0 saturated heterocycles. The van der Waals surface area contributed by atoms with Crippen LogP contribution in [0.4, 0.5) is 0 Å². The van der Waals surface area contributed by atoms with Crippen LogP contribution in [0.25, 0.3) is 0 Å². The van der Waals surface area contributed by atoms with E-state index in [1.807, 2.05) is 6.92 Å². The van der Waals surface area contributed by atoms with Crippen LogP contribution in [0.1, 0.15) is 35.1 Å². The Hall–Kier alpha value is -1.55. The fraction of sp³-hybridized carbons (Fsp3) is 0.533. The smallest absolute Gasteiger partial charge is 0.303 e. The Bertz CT molecular complexity index is 455. The second kappa shape index (κ2) is 7.14. The average molecular weight is 265 g/mol. The predicted octanol–water partition coefficient (Wildman–Crippen LogP) is 2.57. The molecule has 0 aliphatic carbocycles. The molecule has 106 valence electrons. The Morgan fingerprint density at radius 3 is 2.58 bits per heavy atom. The largest absolute Gasteiger partial charge is 0.496 e. The number of ether oxygens (including phenoxy) is 1. The molecule has 1 aromatic rings. The molecule has 1 aromatic carbocycles. The van der Waals surface area contributed by atoms with Crippen molar-refractivity contribution in [3.05, 3.63) is 28.3 Å². The van der Waals surface area contributed by atoms with E-state index in [9.17, 15) is 4.79 Å². The Morgan fingerprint density at radius 2 is 2.00 bits per heavy atom. The van der Waals surface area contributed by atoms with Crippen molar-refractivity contribution in [2.75, 3.05) is 13.7 Å². The van der Waals surface area contributed by atoms with Gasteiger partial charge in [0.05, 0.1) is 7.11 Å². The summed E-state index contributed by atoms with van der Waals surface area (Å²) in [6.07, 6.45) is 0.870. The van der Waals surface area contributed by atoms with Gasteiger partial charge in [-0.25, -0.2) is 0 Å². The molecule has 0 amide bonds. The van der Waals surface area contributed by atoms with Crippen molar-refractivity contribution in [3.63, 3.8) is 0 Å². The van der Waals surface area contributed by atoms with Crippen molar-refractivity contribution in [2.24, 2.45) is 0 Å². The maximum Gasteiger partial charge on any atom is 0.303 e. The molecule has 4 nitrogen and oxygen atoms in total. The van der Waals surface area contributed by atoms with E-state index < -0.39 is 5.97 Å². The number of carboxylic acid groups (broad SMARTS) is 1. The van der Waals surface area contributed by atoms with Crippen LogP contribution in [0.5, 0.6) is 5.75 Å². The lowest BCUT2D eigenvalue weighted by Crippen LogP contribution is -2.17. The zero-order chi connectivity index (χ0) is 14.4. The Kier molecular flexibility index (Phi) is 5.83. The van der Waals surface area contributed by atoms with Crippen molar-refractivity contribution in [1.29, 1.82) is 0 Å². The highest BCUT2D eigenvalue weighted by atomic mass is 16.5. The summed E-state index contributed by atoms with van der Waals surface area (Å²) in [6, 6.07) is 2.13. The molecule has 0 aliphatic heterocycles. The van der Waals surface area contributed by atoms with Gasteiger partial charge in [0.15, 0.2) is 0 Å². The second-order valence-electron chi connectivity index (χ2n) is 4.81. The number of rotatable bonds is 7. The highest BCUT2D eigenvalue weighted by molar-refractivity contribution is 5.66. The van der Waals surface area contributed by atoms with Crippen molar-refractivity contribution < 1.29 is 14.6 Å². The number of carbonyl (C=O) groups is 1. The molecule has 0 aliphatic rings. The summed E-state index contributed by atoms with van der Waals surface area (Å²) in [4.78, 5) is 10.4. The lowest BCUT2D eigenvalue weighted by molar-refractivity contribution is -0.137. The van der Waals surface area contributed by atoms with Crippen LogP contribution >= 0.6 is 0 Å². The van der Waals surface area contributed by atoms with Crippen LogP contribution in [0.2, 0.25) is 0 Å². The molecule has 0 radical (unpaired) electrons. The van der Waals surface area contributed by atoms with Crippen molar-refractivity contribution in [3.8, 4) is 5.75 Å². The number of benzene rings is 1. The van der Waals surface area contributed by atoms with Gasteiger partial charge < -0.3 is 15.2 Å². The van der Waals surface area contributed by atoms with Crippen LogP contribution in [-0.2, 0) is 11.3 Å². The van der Waals surface area contributed by atoms with E-state index in [1.165, 1.54) is 16.7 Å². The average Bonchev–Trinajstić information content (AvgIpc) is 2.35. The van der Waals surface area contributed by atoms with Crippen LogP contribution in [0.3, 0.4) is 0 Å². The Morgan fingerprint density at radius 1 is 1.32 bits per heavy atom. The summed E-state index contributed by atoms with van der Waals surface area (Å²) in [5.74, 6) is 0.209. The van der Waals surface area contributed by atoms with Crippen LogP contribution in [0, 0.1) is 20.8 Å². The molecule has 0 fully saturated rings. The molecule has 0 heterocycles. The summed E-state index contributed by atoms with van der Waals surface area (Å²) in [5, 5.41) is 11.8. The quantitative estimate of drug-likeness (QED) is 0.744. The zero-order valence-corrected chi connectivity index (χ0v) is 12.2. The molecule has 1 rings (SSSR count). The maximum absolute atomic E-state index is 10.4. The van der Waals surface area contributed by atoms with Crippen LogP contribution in [-0.4, -0.2) is 24.7 Å². The van der Waals surface area contributed by atoms with Gasteiger partial charge in [-0.05, 0) is 56.0 Å². The molecule has 0 unspecified atom stereocenters. The first-order chi connectivity index (χ1) is 8.97. The van der Waals surface area contributed by atoms with Gasteiger partial charge in [-0.1, -0.05) is 6.07 Å². The first-order valence-electron chi connectivity index (χ1n) is 6.53. The van der Waals surface area contributed by atoms with Gasteiger partial charge >= 0.3 is 5.97 Å². The van der Waals surface area contributed by atoms with Crippen LogP contribution < -0.4 is 10.1 Å². The number of carboxylic acids is 1. The van der Waals surface area contributed by atoms with Gasteiger partial charge in [0.2, 0.25) is 0 Å². The third-order valence-electron chi connectivity index (χ3n) is 3.40. The minimum absolute atomic E-state index is 0.215. The summed E-state index contributed by atoms with van der Waals surface area (Å²) < 4.78 is 5.40. The number of hydrogen-bond donors (Lipinski definition) is 2. The lowest BCUT2D eigenvalue weighted by Gasteiger charge is -2.16. The molecule has 0 atom stereocenters. The van der Waals surface area contributed by atoms with Crippen molar-refractivity contribution >= 4 is 5.97 Å². The minimum atomic E-state index is -0.742. The molecular weight excluding hydrogens is 242 g/mol. The Labute approximate surface area is 114 Å². The van der Waals surface area contributed by atoms with Crippen molar-refractivity contribution in [2.45, 2.75) is 40.2 Å². The molecule has 0 bridgehead atoms. The van der Waals surface area contributed by atoms with E-state index in [4.69, 9.17) is 9.84 Å². The lowest BCUT2D eigenvalue weighted by atomic mass is 9.98.